The molecule has 20 heavy (non-hydrogen) atoms. The highest BCUT2D eigenvalue weighted by Crippen LogP contribution is 2.50. The van der Waals surface area contributed by atoms with Gasteiger partial charge in [-0.3, -0.25) is 0 Å². The molecule has 0 aliphatic rings. The highest BCUT2D eigenvalue weighted by Gasteiger charge is 2.45. The quantitative estimate of drug-likeness (QED) is 0.253. The molecular formula is C18H39ClSi. The maximum Gasteiger partial charge on any atom is 0.164 e. The molecular weight excluding hydrogens is 280 g/mol. The van der Waals surface area contributed by atoms with Crippen LogP contribution in [0.1, 0.15) is 99.3 Å². The zero-order valence-corrected chi connectivity index (χ0v) is 16.7. The van der Waals surface area contributed by atoms with E-state index < -0.39 is 7.38 Å². The topological polar surface area (TPSA) is 0 Å². The first-order valence-electron chi connectivity index (χ1n) is 9.13. The third kappa shape index (κ3) is 6.09. The van der Waals surface area contributed by atoms with Crippen molar-refractivity contribution in [3.63, 3.8) is 0 Å². The van der Waals surface area contributed by atoms with Crippen molar-refractivity contribution in [1.29, 1.82) is 0 Å². The molecule has 0 heterocycles. The summed E-state index contributed by atoms with van der Waals surface area (Å²) in [5.41, 5.74) is 2.30. The van der Waals surface area contributed by atoms with Crippen molar-refractivity contribution in [3.8, 4) is 0 Å². The molecule has 0 N–H and O–H groups in total. The molecule has 0 aliphatic heterocycles. The minimum atomic E-state index is -1.70. The average Bonchev–Trinajstić information content (AvgIpc) is 2.46. The maximum atomic E-state index is 7.44. The van der Waals surface area contributed by atoms with Crippen molar-refractivity contribution in [1.82, 2.24) is 0 Å². The summed E-state index contributed by atoms with van der Waals surface area (Å²) in [6.45, 7) is 14.3. The monoisotopic (exact) mass is 318 g/mol. The SMILES string of the molecule is CCCCC(C)[Si](Cl)(C(C)CCCC)C(C)CCCC. The molecule has 0 aliphatic carbocycles. The first-order valence-corrected chi connectivity index (χ1v) is 12.4. The fourth-order valence-electron chi connectivity index (χ4n) is 3.65. The predicted molar refractivity (Wildman–Crippen MR) is 98.5 cm³/mol. The van der Waals surface area contributed by atoms with Crippen LogP contribution < -0.4 is 0 Å². The van der Waals surface area contributed by atoms with Gasteiger partial charge in [0.25, 0.3) is 0 Å². The van der Waals surface area contributed by atoms with Crippen LogP contribution in [0.15, 0.2) is 0 Å². The number of unbranched alkanes of at least 4 members (excludes halogenated alkanes) is 3. The van der Waals surface area contributed by atoms with Gasteiger partial charge in [-0.25, -0.2) is 0 Å². The lowest BCUT2D eigenvalue weighted by molar-refractivity contribution is 0.605. The molecule has 0 fully saturated rings. The standard InChI is InChI=1S/C18H39ClSi/c1-7-10-13-16(4)20(19,17(5)14-11-8-2)18(6)15-12-9-3/h16-18H,7-15H2,1-6H3. The molecule has 0 spiro atoms. The summed E-state index contributed by atoms with van der Waals surface area (Å²) >= 11 is 7.44. The van der Waals surface area contributed by atoms with E-state index in [-0.39, 0.29) is 0 Å². The summed E-state index contributed by atoms with van der Waals surface area (Å²) in [5.74, 6) is 0. The van der Waals surface area contributed by atoms with Crippen molar-refractivity contribution in [2.24, 2.45) is 0 Å². The zero-order chi connectivity index (χ0) is 15.6. The Morgan fingerprint density at radius 2 is 0.900 bits per heavy atom. The number of rotatable bonds is 12. The van der Waals surface area contributed by atoms with Gasteiger partial charge in [0.05, 0.1) is 0 Å². The van der Waals surface area contributed by atoms with Gasteiger partial charge in [0.15, 0.2) is 7.38 Å². The van der Waals surface area contributed by atoms with Crippen molar-refractivity contribution in [3.05, 3.63) is 0 Å². The zero-order valence-electron chi connectivity index (χ0n) is 15.0. The van der Waals surface area contributed by atoms with E-state index in [1.165, 1.54) is 57.8 Å². The Balaban J connectivity index is 4.88. The molecule has 3 unspecified atom stereocenters. The van der Waals surface area contributed by atoms with Crippen molar-refractivity contribution >= 4 is 18.5 Å². The second kappa shape index (κ2) is 11.1. The maximum absolute atomic E-state index is 7.44. The number of hydrogen-bond donors (Lipinski definition) is 0. The summed E-state index contributed by atoms with van der Waals surface area (Å²) in [4.78, 5) is 0. The third-order valence-electron chi connectivity index (χ3n) is 5.24. The Hall–Kier alpha value is 0.507. The van der Waals surface area contributed by atoms with E-state index >= 15 is 0 Å². The largest absolute Gasteiger partial charge is 0.166 e. The van der Waals surface area contributed by atoms with Crippen LogP contribution in [0.5, 0.6) is 0 Å². The molecule has 0 aromatic heterocycles. The van der Waals surface area contributed by atoms with Crippen molar-refractivity contribution in [2.45, 2.75) is 116 Å². The minimum absolute atomic E-state index is 0.767. The molecule has 0 rings (SSSR count). The van der Waals surface area contributed by atoms with Crippen LogP contribution in [0.25, 0.3) is 0 Å². The fourth-order valence-corrected chi connectivity index (χ4v) is 9.49. The Bertz CT molecular complexity index is 193. The molecule has 0 saturated carbocycles. The van der Waals surface area contributed by atoms with Crippen LogP contribution in [-0.4, -0.2) is 7.38 Å². The van der Waals surface area contributed by atoms with E-state index in [4.69, 9.17) is 11.1 Å². The molecule has 3 atom stereocenters. The van der Waals surface area contributed by atoms with E-state index in [0.717, 1.165) is 16.6 Å². The Kier molecular flexibility index (Phi) is 11.4. The summed E-state index contributed by atoms with van der Waals surface area (Å²) in [6, 6.07) is 0. The molecule has 0 bridgehead atoms. The van der Waals surface area contributed by atoms with Gasteiger partial charge >= 0.3 is 0 Å². The van der Waals surface area contributed by atoms with E-state index in [1.54, 1.807) is 0 Å². The molecule has 0 nitrogen and oxygen atoms in total. The smallest absolute Gasteiger partial charge is 0.164 e. The molecule has 0 amide bonds. The van der Waals surface area contributed by atoms with E-state index in [1.807, 2.05) is 0 Å². The van der Waals surface area contributed by atoms with E-state index in [2.05, 4.69) is 41.5 Å². The van der Waals surface area contributed by atoms with Gasteiger partial charge in [-0.2, -0.15) is 11.1 Å². The second-order valence-corrected chi connectivity index (χ2v) is 13.5. The third-order valence-corrected chi connectivity index (χ3v) is 14.0. The average molecular weight is 319 g/mol. The molecule has 0 aromatic carbocycles. The molecule has 2 heteroatoms. The molecule has 0 radical (unpaired) electrons. The van der Waals surface area contributed by atoms with E-state index in [9.17, 15) is 0 Å². The summed E-state index contributed by atoms with van der Waals surface area (Å²) in [7, 11) is -1.70. The first kappa shape index (κ1) is 20.5. The van der Waals surface area contributed by atoms with Gasteiger partial charge in [-0.15, -0.1) is 0 Å². The van der Waals surface area contributed by atoms with Gasteiger partial charge < -0.3 is 0 Å². The lowest BCUT2D eigenvalue weighted by atomic mass is 10.2. The van der Waals surface area contributed by atoms with Gasteiger partial charge in [-0.05, 0) is 16.6 Å². The molecule has 122 valence electrons. The predicted octanol–water partition coefficient (Wildman–Crippen LogP) is 7.91. The lowest BCUT2D eigenvalue weighted by Gasteiger charge is -2.41. The van der Waals surface area contributed by atoms with Crippen molar-refractivity contribution < 1.29 is 0 Å². The Labute approximate surface area is 134 Å². The number of hydrogen-bond acceptors (Lipinski definition) is 0. The first-order chi connectivity index (χ1) is 9.44. The van der Waals surface area contributed by atoms with Gasteiger partial charge in [0.2, 0.25) is 0 Å². The fraction of sp³-hybridized carbons (Fsp3) is 1.00. The summed E-state index contributed by atoms with van der Waals surface area (Å²) in [5, 5.41) is 0. The van der Waals surface area contributed by atoms with Crippen molar-refractivity contribution in [2.75, 3.05) is 0 Å². The van der Waals surface area contributed by atoms with Crippen LogP contribution >= 0.6 is 11.1 Å². The summed E-state index contributed by atoms with van der Waals surface area (Å²) in [6.07, 6.45) is 12.0. The number of halogens is 1. The van der Waals surface area contributed by atoms with E-state index in [0.29, 0.717) is 0 Å². The normalized spacial score (nSPS) is 19.4. The molecule has 0 saturated heterocycles. The van der Waals surface area contributed by atoms with Crippen LogP contribution in [0, 0.1) is 0 Å². The highest BCUT2D eigenvalue weighted by atomic mass is 35.6. The van der Waals surface area contributed by atoms with Crippen LogP contribution in [0.2, 0.25) is 16.6 Å². The Morgan fingerprint density at radius 1 is 0.650 bits per heavy atom. The lowest BCUT2D eigenvalue weighted by Crippen LogP contribution is -2.41. The van der Waals surface area contributed by atoms with Crippen LogP contribution in [-0.2, 0) is 0 Å². The minimum Gasteiger partial charge on any atom is -0.166 e. The molecule has 0 aromatic rings. The van der Waals surface area contributed by atoms with Gasteiger partial charge in [-0.1, -0.05) is 99.3 Å². The van der Waals surface area contributed by atoms with Crippen LogP contribution in [0.3, 0.4) is 0 Å². The summed E-state index contributed by atoms with van der Waals surface area (Å²) < 4.78 is 0. The second-order valence-electron chi connectivity index (χ2n) is 6.96. The highest BCUT2D eigenvalue weighted by molar-refractivity contribution is 7.22. The van der Waals surface area contributed by atoms with Gasteiger partial charge in [0.1, 0.15) is 0 Å². The van der Waals surface area contributed by atoms with Gasteiger partial charge in [0, 0.05) is 0 Å². The Morgan fingerprint density at radius 3 is 1.10 bits per heavy atom. The van der Waals surface area contributed by atoms with Crippen LogP contribution in [0.4, 0.5) is 0 Å².